The van der Waals surface area contributed by atoms with Gasteiger partial charge < -0.3 is 5.11 Å². The predicted molar refractivity (Wildman–Crippen MR) is 63.7 cm³/mol. The quantitative estimate of drug-likeness (QED) is 0.881. The predicted octanol–water partition coefficient (Wildman–Crippen LogP) is 1.31. The van der Waals surface area contributed by atoms with Crippen molar-refractivity contribution in [2.45, 2.75) is 6.92 Å². The number of hydrogen-bond acceptors (Lipinski definition) is 3. The Morgan fingerprint density at radius 2 is 2.17 bits per heavy atom. The van der Waals surface area contributed by atoms with Crippen LogP contribution in [0.25, 0.3) is 0 Å². The fourth-order valence-corrected chi connectivity index (χ4v) is 3.92. The normalized spacial score (nSPS) is 22.1. The van der Waals surface area contributed by atoms with Crippen LogP contribution in [0.4, 0.5) is 10.1 Å². The Morgan fingerprint density at radius 1 is 1.50 bits per heavy atom. The summed E-state index contributed by atoms with van der Waals surface area (Å²) in [6.07, 6.45) is 0. The number of hydrogen-bond donors (Lipinski definition) is 1. The van der Waals surface area contributed by atoms with Crippen molar-refractivity contribution in [1.82, 2.24) is 0 Å². The zero-order valence-corrected chi connectivity index (χ0v) is 10.4. The van der Waals surface area contributed by atoms with E-state index < -0.39 is 27.4 Å². The van der Waals surface area contributed by atoms with E-state index in [0.717, 1.165) is 16.4 Å². The van der Waals surface area contributed by atoms with Crippen LogP contribution in [0.3, 0.4) is 0 Å². The van der Waals surface area contributed by atoms with E-state index in [1.54, 1.807) is 6.92 Å². The SMILES string of the molecule is CC1CN(c2ccc(F)c(C(=O)O)c2)S(=O)(=O)C1. The molecule has 1 atom stereocenters. The van der Waals surface area contributed by atoms with Crippen molar-refractivity contribution in [3.8, 4) is 0 Å². The average molecular weight is 273 g/mol. The fourth-order valence-electron chi connectivity index (χ4n) is 2.00. The molecule has 0 aliphatic carbocycles. The zero-order valence-electron chi connectivity index (χ0n) is 9.63. The lowest BCUT2D eigenvalue weighted by molar-refractivity contribution is 0.0692. The van der Waals surface area contributed by atoms with Crippen molar-refractivity contribution >= 4 is 21.7 Å². The summed E-state index contributed by atoms with van der Waals surface area (Å²) in [5, 5.41) is 8.81. The number of sulfonamides is 1. The topological polar surface area (TPSA) is 74.7 Å². The highest BCUT2D eigenvalue weighted by molar-refractivity contribution is 7.93. The second-order valence-corrected chi connectivity index (χ2v) is 6.32. The van der Waals surface area contributed by atoms with Gasteiger partial charge >= 0.3 is 5.97 Å². The average Bonchev–Trinajstić information content (AvgIpc) is 2.52. The highest BCUT2D eigenvalue weighted by atomic mass is 32.2. The van der Waals surface area contributed by atoms with Gasteiger partial charge in [-0.05, 0) is 24.1 Å². The van der Waals surface area contributed by atoms with Gasteiger partial charge in [0.15, 0.2) is 0 Å². The van der Waals surface area contributed by atoms with E-state index in [9.17, 15) is 17.6 Å². The molecule has 0 aromatic heterocycles. The molecule has 18 heavy (non-hydrogen) atoms. The third-order valence-electron chi connectivity index (χ3n) is 2.78. The van der Waals surface area contributed by atoms with Gasteiger partial charge in [-0.3, -0.25) is 4.31 Å². The molecule has 0 bridgehead atoms. The van der Waals surface area contributed by atoms with Gasteiger partial charge in [0, 0.05) is 6.54 Å². The van der Waals surface area contributed by atoms with Crippen molar-refractivity contribution in [3.63, 3.8) is 0 Å². The first-order valence-electron chi connectivity index (χ1n) is 5.34. The Bertz CT molecular complexity index is 599. The molecule has 1 N–H and O–H groups in total. The van der Waals surface area contributed by atoms with Gasteiger partial charge in [0.1, 0.15) is 5.82 Å². The summed E-state index contributed by atoms with van der Waals surface area (Å²) < 4.78 is 38.0. The largest absolute Gasteiger partial charge is 0.478 e. The molecule has 0 spiro atoms. The first kappa shape index (κ1) is 12.8. The standard InChI is InChI=1S/C11H12FNO4S/c1-7-5-13(18(16,17)6-7)8-2-3-10(12)9(4-8)11(14)15/h2-4,7H,5-6H2,1H3,(H,14,15). The monoisotopic (exact) mass is 273 g/mol. The second-order valence-electron chi connectivity index (χ2n) is 4.38. The Balaban J connectivity index is 2.47. The van der Waals surface area contributed by atoms with Crippen molar-refractivity contribution < 1.29 is 22.7 Å². The van der Waals surface area contributed by atoms with Crippen LogP contribution in [0.5, 0.6) is 0 Å². The summed E-state index contributed by atoms with van der Waals surface area (Å²) in [7, 11) is -3.43. The molecule has 1 aliphatic heterocycles. The van der Waals surface area contributed by atoms with E-state index in [1.807, 2.05) is 0 Å². The van der Waals surface area contributed by atoms with E-state index >= 15 is 0 Å². The summed E-state index contributed by atoms with van der Waals surface area (Å²) in [6.45, 7) is 2.08. The maximum atomic E-state index is 13.2. The van der Waals surface area contributed by atoms with Crippen LogP contribution >= 0.6 is 0 Å². The number of benzene rings is 1. The number of carboxylic acid groups (broad SMARTS) is 1. The number of anilines is 1. The summed E-state index contributed by atoms with van der Waals surface area (Å²) in [5.41, 5.74) is -0.333. The highest BCUT2D eigenvalue weighted by Gasteiger charge is 2.34. The summed E-state index contributed by atoms with van der Waals surface area (Å²) in [4.78, 5) is 10.8. The lowest BCUT2D eigenvalue weighted by Gasteiger charge is -2.17. The minimum atomic E-state index is -3.43. The van der Waals surface area contributed by atoms with Crippen LogP contribution in [0.2, 0.25) is 0 Å². The number of nitrogens with zero attached hydrogens (tertiary/aromatic N) is 1. The van der Waals surface area contributed by atoms with E-state index in [4.69, 9.17) is 5.11 Å². The molecule has 0 saturated carbocycles. The van der Waals surface area contributed by atoms with E-state index in [0.29, 0.717) is 0 Å². The fraction of sp³-hybridized carbons (Fsp3) is 0.364. The van der Waals surface area contributed by atoms with Crippen LogP contribution in [0.15, 0.2) is 18.2 Å². The minimum absolute atomic E-state index is 0.0206. The Morgan fingerprint density at radius 3 is 2.67 bits per heavy atom. The van der Waals surface area contributed by atoms with Gasteiger partial charge in [-0.25, -0.2) is 17.6 Å². The number of aromatic carboxylic acids is 1. The van der Waals surface area contributed by atoms with E-state index in [-0.39, 0.29) is 23.9 Å². The van der Waals surface area contributed by atoms with E-state index in [1.165, 1.54) is 6.07 Å². The molecule has 5 nitrogen and oxygen atoms in total. The molecule has 0 amide bonds. The molecule has 1 aliphatic rings. The molecule has 98 valence electrons. The van der Waals surface area contributed by atoms with Crippen LogP contribution in [-0.2, 0) is 10.0 Å². The molecule has 7 heteroatoms. The Labute approximate surface area is 104 Å². The molecule has 1 fully saturated rings. The maximum Gasteiger partial charge on any atom is 0.338 e. The molecule has 1 aromatic rings. The number of halogens is 1. The lowest BCUT2D eigenvalue weighted by Crippen LogP contribution is -2.25. The molecule has 1 unspecified atom stereocenters. The molecule has 1 heterocycles. The third-order valence-corrected chi connectivity index (χ3v) is 4.80. The van der Waals surface area contributed by atoms with Gasteiger partial charge in [0.05, 0.1) is 17.0 Å². The van der Waals surface area contributed by atoms with Crippen LogP contribution in [-0.4, -0.2) is 31.8 Å². The lowest BCUT2D eigenvalue weighted by atomic mass is 10.1. The van der Waals surface area contributed by atoms with Crippen LogP contribution < -0.4 is 4.31 Å². The van der Waals surface area contributed by atoms with Crippen LogP contribution in [0.1, 0.15) is 17.3 Å². The van der Waals surface area contributed by atoms with Gasteiger partial charge in [-0.1, -0.05) is 6.92 Å². The molecule has 0 radical (unpaired) electrons. The zero-order chi connectivity index (χ0) is 13.5. The summed E-state index contributed by atoms with van der Waals surface area (Å²) in [6, 6.07) is 3.29. The molecular formula is C11H12FNO4S. The van der Waals surface area contributed by atoms with Crippen molar-refractivity contribution in [2.24, 2.45) is 5.92 Å². The second kappa shape index (κ2) is 4.24. The van der Waals surface area contributed by atoms with E-state index in [2.05, 4.69) is 0 Å². The molecule has 1 aromatic carbocycles. The maximum absolute atomic E-state index is 13.2. The first-order chi connectivity index (χ1) is 8.31. The van der Waals surface area contributed by atoms with Crippen molar-refractivity contribution in [2.75, 3.05) is 16.6 Å². The molecule has 1 saturated heterocycles. The third kappa shape index (κ3) is 2.17. The molecule has 2 rings (SSSR count). The highest BCUT2D eigenvalue weighted by Crippen LogP contribution is 2.28. The smallest absolute Gasteiger partial charge is 0.338 e. The van der Waals surface area contributed by atoms with Crippen LogP contribution in [0, 0.1) is 11.7 Å². The van der Waals surface area contributed by atoms with Gasteiger partial charge in [-0.2, -0.15) is 0 Å². The summed E-state index contributed by atoms with van der Waals surface area (Å²) in [5.74, 6) is -2.31. The summed E-state index contributed by atoms with van der Waals surface area (Å²) >= 11 is 0. The van der Waals surface area contributed by atoms with Crippen molar-refractivity contribution in [1.29, 1.82) is 0 Å². The Kier molecular flexibility index (Phi) is 3.02. The van der Waals surface area contributed by atoms with Crippen molar-refractivity contribution in [3.05, 3.63) is 29.6 Å². The van der Waals surface area contributed by atoms with Gasteiger partial charge in [-0.15, -0.1) is 0 Å². The number of rotatable bonds is 2. The number of carboxylic acids is 1. The first-order valence-corrected chi connectivity index (χ1v) is 6.95. The number of carbonyl (C=O) groups is 1. The minimum Gasteiger partial charge on any atom is -0.478 e. The van der Waals surface area contributed by atoms with Gasteiger partial charge in [0.2, 0.25) is 10.0 Å². The Hall–Kier alpha value is -1.63. The molecular weight excluding hydrogens is 261 g/mol. The van der Waals surface area contributed by atoms with Gasteiger partial charge in [0.25, 0.3) is 0 Å².